The molecule has 0 saturated heterocycles. The molecule has 0 aliphatic carbocycles. The van der Waals surface area contributed by atoms with Crippen molar-refractivity contribution in [1.29, 1.82) is 0 Å². The van der Waals surface area contributed by atoms with Crippen LogP contribution in [0.2, 0.25) is 0 Å². The van der Waals surface area contributed by atoms with E-state index in [4.69, 9.17) is 5.11 Å². The molecule has 4 heteroatoms. The molecule has 0 radical (unpaired) electrons. The Morgan fingerprint density at radius 3 is 1.56 bits per heavy atom. The van der Waals surface area contributed by atoms with Gasteiger partial charge in [-0.05, 0) is 6.42 Å². The predicted octanol–water partition coefficient (Wildman–Crippen LogP) is 2.77. The van der Waals surface area contributed by atoms with Crippen LogP contribution in [-0.4, -0.2) is 11.0 Å². The second-order valence-electron chi connectivity index (χ2n) is 5.16. The highest BCUT2D eigenvalue weighted by Crippen LogP contribution is 2.23. The molecule has 110 valence electrons. The van der Waals surface area contributed by atoms with Gasteiger partial charge in [-0.3, -0.25) is 0 Å². The third-order valence-corrected chi connectivity index (χ3v) is 4.19. The monoisotopic (exact) mass is 277 g/mol. The molecule has 0 rings (SSSR count). The van der Waals surface area contributed by atoms with Crippen LogP contribution in [-0.2, 0) is 0 Å². The van der Waals surface area contributed by atoms with Gasteiger partial charge in [-0.2, -0.15) is 0 Å². The lowest BCUT2D eigenvalue weighted by molar-refractivity contribution is -0.300. The Labute approximate surface area is 114 Å². The van der Waals surface area contributed by atoms with Crippen molar-refractivity contribution in [1.82, 2.24) is 0 Å². The largest absolute Gasteiger partial charge is 0.683 e. The van der Waals surface area contributed by atoms with E-state index in [2.05, 4.69) is 6.92 Å². The van der Waals surface area contributed by atoms with Gasteiger partial charge in [0.05, 0.1) is 0 Å². The standard InChI is InChI=1S/C14H30O3P/c1-2-3-4-5-6-7-8-9-10-11-12-13-14(15)18(16)17/h14-15,18H,2-13H2,1H3/q-1. The summed E-state index contributed by atoms with van der Waals surface area (Å²) in [5.41, 5.74) is 0. The molecule has 0 saturated carbocycles. The summed E-state index contributed by atoms with van der Waals surface area (Å²) in [6, 6.07) is 0. The first-order chi connectivity index (χ1) is 8.68. The SMILES string of the molecule is CCCCCCCCCCCCCC(O)[PH+]([O-])[O-]. The van der Waals surface area contributed by atoms with Crippen LogP contribution >= 0.6 is 8.38 Å². The van der Waals surface area contributed by atoms with Crippen LogP contribution in [0.3, 0.4) is 0 Å². The third-order valence-electron chi connectivity index (χ3n) is 3.35. The number of hydrogen-bond acceptors (Lipinski definition) is 3. The molecule has 0 fully saturated rings. The van der Waals surface area contributed by atoms with Gasteiger partial charge in [0, 0.05) is 6.42 Å². The lowest BCUT2D eigenvalue weighted by Crippen LogP contribution is -2.20. The van der Waals surface area contributed by atoms with E-state index >= 15 is 0 Å². The van der Waals surface area contributed by atoms with Crippen LogP contribution in [0, 0.1) is 0 Å². The van der Waals surface area contributed by atoms with Gasteiger partial charge < -0.3 is 14.9 Å². The predicted molar refractivity (Wildman–Crippen MR) is 75.4 cm³/mol. The topological polar surface area (TPSA) is 66.3 Å². The van der Waals surface area contributed by atoms with E-state index < -0.39 is 14.2 Å². The van der Waals surface area contributed by atoms with Gasteiger partial charge in [-0.25, -0.2) is 0 Å². The summed E-state index contributed by atoms with van der Waals surface area (Å²) in [5.74, 6) is -1.09. The minimum Gasteiger partial charge on any atom is -0.683 e. The molecule has 1 unspecified atom stereocenters. The van der Waals surface area contributed by atoms with Crippen molar-refractivity contribution in [3.8, 4) is 0 Å². The van der Waals surface area contributed by atoms with Gasteiger partial charge in [0.25, 0.3) is 0 Å². The van der Waals surface area contributed by atoms with Crippen molar-refractivity contribution in [3.63, 3.8) is 0 Å². The summed E-state index contributed by atoms with van der Waals surface area (Å²) >= 11 is 0. The molecule has 1 N–H and O–H groups in total. The van der Waals surface area contributed by atoms with Crippen LogP contribution in [0.4, 0.5) is 0 Å². The highest BCUT2D eigenvalue weighted by molar-refractivity contribution is 7.42. The van der Waals surface area contributed by atoms with Crippen molar-refractivity contribution in [3.05, 3.63) is 0 Å². The average Bonchev–Trinajstić information content (AvgIpc) is 2.35. The number of aliphatic hydroxyl groups excluding tert-OH is 1. The number of aliphatic hydroxyl groups is 1. The van der Waals surface area contributed by atoms with Crippen molar-refractivity contribution in [2.24, 2.45) is 0 Å². The lowest BCUT2D eigenvalue weighted by Gasteiger charge is -2.22. The molecule has 0 amide bonds. The zero-order valence-corrected chi connectivity index (χ0v) is 12.8. The summed E-state index contributed by atoms with van der Waals surface area (Å²) in [7, 11) is -2.97. The van der Waals surface area contributed by atoms with Crippen LogP contribution < -0.4 is 9.79 Å². The van der Waals surface area contributed by atoms with E-state index in [1.807, 2.05) is 0 Å². The minimum atomic E-state index is -2.97. The fourth-order valence-electron chi connectivity index (χ4n) is 2.12. The number of unbranched alkanes of at least 4 members (excludes halogenated alkanes) is 10. The zero-order valence-electron chi connectivity index (χ0n) is 11.8. The van der Waals surface area contributed by atoms with E-state index in [0.29, 0.717) is 6.42 Å². The molecule has 0 aromatic heterocycles. The molecule has 0 bridgehead atoms. The van der Waals surface area contributed by atoms with Crippen LogP contribution in [0.5, 0.6) is 0 Å². The summed E-state index contributed by atoms with van der Waals surface area (Å²) < 4.78 is 0. The van der Waals surface area contributed by atoms with E-state index in [-0.39, 0.29) is 0 Å². The Morgan fingerprint density at radius 2 is 1.17 bits per heavy atom. The van der Waals surface area contributed by atoms with Crippen LogP contribution in [0.1, 0.15) is 84.0 Å². The van der Waals surface area contributed by atoms with Crippen LogP contribution in [0.25, 0.3) is 0 Å². The van der Waals surface area contributed by atoms with E-state index in [1.54, 1.807) is 0 Å². The normalized spacial score (nSPS) is 13.2. The highest BCUT2D eigenvalue weighted by Gasteiger charge is 2.05. The average molecular weight is 277 g/mol. The molecule has 3 nitrogen and oxygen atoms in total. The molecule has 0 aromatic rings. The summed E-state index contributed by atoms with van der Waals surface area (Å²) in [6.07, 6.45) is 14.1. The maximum Gasteiger partial charge on any atom is 0.150 e. The van der Waals surface area contributed by atoms with Gasteiger partial charge in [0.2, 0.25) is 0 Å². The Hall–Kier alpha value is 0.310. The van der Waals surface area contributed by atoms with E-state index in [0.717, 1.165) is 12.8 Å². The fourth-order valence-corrected chi connectivity index (χ4v) is 2.56. The highest BCUT2D eigenvalue weighted by atomic mass is 31.2. The molecule has 0 aliphatic rings. The van der Waals surface area contributed by atoms with Crippen molar-refractivity contribution in [2.75, 3.05) is 0 Å². The molecule has 0 aliphatic heterocycles. The number of rotatable bonds is 13. The first kappa shape index (κ1) is 18.3. The quantitative estimate of drug-likeness (QED) is 0.416. The maximum absolute atomic E-state index is 10.4. The third kappa shape index (κ3) is 12.8. The smallest absolute Gasteiger partial charge is 0.150 e. The zero-order chi connectivity index (χ0) is 13.6. The van der Waals surface area contributed by atoms with Crippen molar-refractivity contribution < 1.29 is 14.9 Å². The Balaban J connectivity index is 3.03. The molecule has 0 aromatic carbocycles. The minimum absolute atomic E-state index is 0.415. The second kappa shape index (κ2) is 13.7. The van der Waals surface area contributed by atoms with Gasteiger partial charge in [0.1, 0.15) is 5.85 Å². The lowest BCUT2D eigenvalue weighted by atomic mass is 10.1. The van der Waals surface area contributed by atoms with Crippen molar-refractivity contribution >= 4 is 8.38 Å². The molecule has 1 atom stereocenters. The van der Waals surface area contributed by atoms with Gasteiger partial charge in [-0.15, -0.1) is 0 Å². The first-order valence-corrected chi connectivity index (χ1v) is 8.96. The Morgan fingerprint density at radius 1 is 0.778 bits per heavy atom. The van der Waals surface area contributed by atoms with Gasteiger partial charge >= 0.3 is 0 Å². The first-order valence-electron chi connectivity index (χ1n) is 7.57. The molecule has 0 heterocycles. The molecular weight excluding hydrogens is 247 g/mol. The van der Waals surface area contributed by atoms with Gasteiger partial charge in [0.15, 0.2) is 0 Å². The maximum atomic E-state index is 10.4. The second-order valence-corrected chi connectivity index (χ2v) is 6.46. The van der Waals surface area contributed by atoms with Crippen molar-refractivity contribution in [2.45, 2.75) is 89.8 Å². The summed E-state index contributed by atoms with van der Waals surface area (Å²) in [4.78, 5) is 20.9. The fraction of sp³-hybridized carbons (Fsp3) is 1.00. The van der Waals surface area contributed by atoms with Gasteiger partial charge in [-0.1, -0.05) is 79.5 Å². The van der Waals surface area contributed by atoms with E-state index in [1.165, 1.54) is 57.8 Å². The van der Waals surface area contributed by atoms with Crippen LogP contribution in [0.15, 0.2) is 0 Å². The Bertz CT molecular complexity index is 165. The molecule has 0 spiro atoms. The Kier molecular flexibility index (Phi) is 14.0. The molecular formula is C14H30O3P-. The molecule has 18 heavy (non-hydrogen) atoms. The number of hydrogen-bond donors (Lipinski definition) is 1. The van der Waals surface area contributed by atoms with E-state index in [9.17, 15) is 9.79 Å². The summed E-state index contributed by atoms with van der Waals surface area (Å²) in [6.45, 7) is 2.24. The summed E-state index contributed by atoms with van der Waals surface area (Å²) in [5, 5.41) is 9.09.